The van der Waals surface area contributed by atoms with Crippen molar-refractivity contribution in [3.05, 3.63) is 0 Å². The van der Waals surface area contributed by atoms with Gasteiger partial charge in [0, 0.05) is 51.4 Å². The molecule has 2 saturated heterocycles. The van der Waals surface area contributed by atoms with Crippen molar-refractivity contribution in [1.82, 2.24) is 20.0 Å². The van der Waals surface area contributed by atoms with E-state index in [0.29, 0.717) is 18.5 Å². The van der Waals surface area contributed by atoms with Crippen molar-refractivity contribution in [3.63, 3.8) is 0 Å². The molecule has 0 unspecified atom stereocenters. The van der Waals surface area contributed by atoms with Gasteiger partial charge >= 0.3 is 0 Å². The minimum atomic E-state index is -0.0227. The molecule has 1 amide bonds. The highest BCUT2D eigenvalue weighted by Gasteiger charge is 2.29. The fourth-order valence-electron chi connectivity index (χ4n) is 3.52. The summed E-state index contributed by atoms with van der Waals surface area (Å²) in [7, 11) is 0. The lowest BCUT2D eigenvalue weighted by molar-refractivity contribution is -0.123. The van der Waals surface area contributed by atoms with Crippen molar-refractivity contribution in [1.29, 1.82) is 0 Å². The zero-order valence-electron chi connectivity index (χ0n) is 17.6. The number of carbonyl (C=O) groups is 1. The van der Waals surface area contributed by atoms with Gasteiger partial charge in [-0.2, -0.15) is 0 Å². The van der Waals surface area contributed by atoms with E-state index >= 15 is 0 Å². The Balaban J connectivity index is 1.64. The summed E-state index contributed by atoms with van der Waals surface area (Å²) >= 11 is 0. The summed E-state index contributed by atoms with van der Waals surface area (Å²) in [6, 6.07) is 0. The van der Waals surface area contributed by atoms with Crippen molar-refractivity contribution in [2.24, 2.45) is 5.41 Å². The minimum Gasteiger partial charge on any atom is -0.379 e. The second kappa shape index (κ2) is 9.49. The van der Waals surface area contributed by atoms with Crippen LogP contribution in [0.2, 0.25) is 0 Å². The van der Waals surface area contributed by atoms with Crippen LogP contribution in [0.1, 0.15) is 41.0 Å². The van der Waals surface area contributed by atoms with Gasteiger partial charge in [-0.1, -0.05) is 20.8 Å². The first-order valence-corrected chi connectivity index (χ1v) is 10.2. The molecule has 1 N–H and O–H groups in total. The van der Waals surface area contributed by atoms with Crippen LogP contribution in [0.15, 0.2) is 0 Å². The third kappa shape index (κ3) is 7.51. The van der Waals surface area contributed by atoms with Crippen LogP contribution < -0.4 is 5.32 Å². The maximum absolute atomic E-state index is 12.4. The third-order valence-corrected chi connectivity index (χ3v) is 5.60. The molecule has 0 spiro atoms. The lowest BCUT2D eigenvalue weighted by Gasteiger charge is -2.41. The van der Waals surface area contributed by atoms with Crippen molar-refractivity contribution in [3.8, 4) is 0 Å². The number of ether oxygens (including phenoxy) is 1. The largest absolute Gasteiger partial charge is 0.379 e. The first-order chi connectivity index (χ1) is 12.2. The predicted molar refractivity (Wildman–Crippen MR) is 106 cm³/mol. The summed E-state index contributed by atoms with van der Waals surface area (Å²) < 4.78 is 5.43. The van der Waals surface area contributed by atoms with Gasteiger partial charge in [0.05, 0.1) is 19.8 Å². The van der Waals surface area contributed by atoms with Gasteiger partial charge in [0.15, 0.2) is 0 Å². The molecule has 0 atom stereocenters. The Morgan fingerprint density at radius 2 is 1.50 bits per heavy atom. The monoisotopic (exact) mass is 368 g/mol. The third-order valence-electron chi connectivity index (χ3n) is 5.60. The van der Waals surface area contributed by atoms with E-state index in [1.165, 1.54) is 6.42 Å². The van der Waals surface area contributed by atoms with Crippen LogP contribution in [0.5, 0.6) is 0 Å². The molecule has 2 heterocycles. The van der Waals surface area contributed by atoms with Gasteiger partial charge in [-0.3, -0.25) is 14.6 Å². The van der Waals surface area contributed by atoms with E-state index in [4.69, 9.17) is 4.74 Å². The number of morpholine rings is 1. The zero-order chi connectivity index (χ0) is 19.2. The number of nitrogens with one attached hydrogen (secondary N) is 1. The quantitative estimate of drug-likeness (QED) is 0.733. The second-order valence-electron chi connectivity index (χ2n) is 9.62. The molecule has 0 saturated carbocycles. The summed E-state index contributed by atoms with van der Waals surface area (Å²) in [5, 5.41) is 3.15. The highest BCUT2D eigenvalue weighted by atomic mass is 16.5. The molecule has 0 aromatic rings. The summed E-state index contributed by atoms with van der Waals surface area (Å²) in [5.41, 5.74) is 0.370. The average molecular weight is 369 g/mol. The fraction of sp³-hybridized carbons (Fsp3) is 0.950. The number of nitrogens with zero attached hydrogens (tertiary/aromatic N) is 3. The van der Waals surface area contributed by atoms with Gasteiger partial charge < -0.3 is 15.0 Å². The Morgan fingerprint density at radius 1 is 0.923 bits per heavy atom. The summed E-state index contributed by atoms with van der Waals surface area (Å²) in [5.74, 6) is 0.148. The van der Waals surface area contributed by atoms with Crippen LogP contribution in [-0.2, 0) is 9.53 Å². The molecule has 0 aromatic heterocycles. The Bertz CT molecular complexity index is 434. The topological polar surface area (TPSA) is 48.0 Å². The Hall–Kier alpha value is -0.690. The number of amides is 1. The standard InChI is InChI=1S/C20H40N4O2/c1-19(2,3)6-7-22-8-10-23(11-9-22)16-18(25)21-17-20(4,5)24-12-14-26-15-13-24/h6-17H2,1-5H3,(H,21,25). The first kappa shape index (κ1) is 21.6. The van der Waals surface area contributed by atoms with E-state index in [1.54, 1.807) is 0 Å². The SMILES string of the molecule is CC(C)(C)CCN1CCN(CC(=O)NCC(C)(C)N2CCOCC2)CC1. The number of hydrogen-bond donors (Lipinski definition) is 1. The first-order valence-electron chi connectivity index (χ1n) is 10.2. The number of piperazine rings is 1. The van der Waals surface area contributed by atoms with Gasteiger partial charge in [-0.05, 0) is 32.2 Å². The Labute approximate surface area is 160 Å². The molecule has 152 valence electrons. The van der Waals surface area contributed by atoms with Crippen molar-refractivity contribution >= 4 is 5.91 Å². The molecule has 0 bridgehead atoms. The molecule has 2 fully saturated rings. The minimum absolute atomic E-state index is 0.0227. The summed E-state index contributed by atoms with van der Waals surface area (Å²) in [4.78, 5) is 19.6. The van der Waals surface area contributed by atoms with Crippen LogP contribution in [-0.4, -0.2) is 98.3 Å². The molecule has 2 aliphatic heterocycles. The maximum atomic E-state index is 12.4. The molecule has 2 aliphatic rings. The molecular formula is C20H40N4O2. The molecule has 0 aromatic carbocycles. The molecule has 6 heteroatoms. The van der Waals surface area contributed by atoms with Crippen molar-refractivity contribution < 1.29 is 9.53 Å². The smallest absolute Gasteiger partial charge is 0.234 e. The number of rotatable bonds is 7. The van der Waals surface area contributed by atoms with Gasteiger partial charge in [0.1, 0.15) is 0 Å². The molecular weight excluding hydrogens is 328 g/mol. The molecule has 0 aliphatic carbocycles. The van der Waals surface area contributed by atoms with E-state index < -0.39 is 0 Å². The molecule has 2 rings (SSSR count). The van der Waals surface area contributed by atoms with Gasteiger partial charge in [0.2, 0.25) is 5.91 Å². The number of carbonyl (C=O) groups excluding carboxylic acids is 1. The van der Waals surface area contributed by atoms with Crippen molar-refractivity contribution in [2.75, 3.05) is 72.1 Å². The normalized spacial score (nSPS) is 21.7. The van der Waals surface area contributed by atoms with Crippen LogP contribution >= 0.6 is 0 Å². The Morgan fingerprint density at radius 3 is 2.08 bits per heavy atom. The van der Waals surface area contributed by atoms with E-state index in [-0.39, 0.29) is 11.4 Å². The highest BCUT2D eigenvalue weighted by molar-refractivity contribution is 5.78. The highest BCUT2D eigenvalue weighted by Crippen LogP contribution is 2.19. The van der Waals surface area contributed by atoms with Gasteiger partial charge in [-0.25, -0.2) is 0 Å². The lowest BCUT2D eigenvalue weighted by Crippen LogP contribution is -2.56. The average Bonchev–Trinajstić information content (AvgIpc) is 2.60. The predicted octanol–water partition coefficient (Wildman–Crippen LogP) is 1.27. The van der Waals surface area contributed by atoms with E-state index in [9.17, 15) is 4.79 Å². The summed E-state index contributed by atoms with van der Waals surface area (Å²) in [6.07, 6.45) is 1.23. The molecule has 6 nitrogen and oxygen atoms in total. The van der Waals surface area contributed by atoms with Crippen LogP contribution in [0.3, 0.4) is 0 Å². The zero-order valence-corrected chi connectivity index (χ0v) is 17.6. The fourth-order valence-corrected chi connectivity index (χ4v) is 3.52. The number of hydrogen-bond acceptors (Lipinski definition) is 5. The molecule has 0 radical (unpaired) electrons. The van der Waals surface area contributed by atoms with Crippen LogP contribution in [0, 0.1) is 5.41 Å². The summed E-state index contributed by atoms with van der Waals surface area (Å²) in [6.45, 7) is 21.3. The van der Waals surface area contributed by atoms with Crippen LogP contribution in [0.25, 0.3) is 0 Å². The van der Waals surface area contributed by atoms with Crippen LogP contribution in [0.4, 0.5) is 0 Å². The Kier molecular flexibility index (Phi) is 7.89. The van der Waals surface area contributed by atoms with Gasteiger partial charge in [0.25, 0.3) is 0 Å². The van der Waals surface area contributed by atoms with E-state index in [0.717, 1.165) is 59.0 Å². The molecule has 26 heavy (non-hydrogen) atoms. The lowest BCUT2D eigenvalue weighted by atomic mass is 9.92. The second-order valence-corrected chi connectivity index (χ2v) is 9.62. The maximum Gasteiger partial charge on any atom is 0.234 e. The van der Waals surface area contributed by atoms with E-state index in [2.05, 4.69) is 54.6 Å². The van der Waals surface area contributed by atoms with E-state index in [1.807, 2.05) is 0 Å². The van der Waals surface area contributed by atoms with Gasteiger partial charge in [-0.15, -0.1) is 0 Å². The van der Waals surface area contributed by atoms with Crippen molar-refractivity contribution in [2.45, 2.75) is 46.6 Å².